The van der Waals surface area contributed by atoms with Gasteiger partial charge in [0.2, 0.25) is 0 Å². The lowest BCUT2D eigenvalue weighted by molar-refractivity contribution is -0.384. The summed E-state index contributed by atoms with van der Waals surface area (Å²) in [5, 5.41) is 19.0. The molecule has 3 rings (SSSR count). The van der Waals surface area contributed by atoms with Crippen molar-refractivity contribution >= 4 is 38.5 Å². The zero-order valence-electron chi connectivity index (χ0n) is 17.9. The molecular formula is C21H24N4O5S2. The number of carbonyl (C=O) groups excluding carboxylic acids is 1. The van der Waals surface area contributed by atoms with Crippen LogP contribution >= 0.6 is 11.3 Å². The van der Waals surface area contributed by atoms with Gasteiger partial charge in [0.25, 0.3) is 11.6 Å². The van der Waals surface area contributed by atoms with E-state index >= 15 is 0 Å². The largest absolute Gasteiger partial charge is 0.378 e. The molecule has 0 spiro atoms. The first-order valence-corrected chi connectivity index (χ1v) is 12.5. The van der Waals surface area contributed by atoms with Gasteiger partial charge < -0.3 is 15.2 Å². The third-order valence-corrected chi connectivity index (χ3v) is 7.00. The van der Waals surface area contributed by atoms with Crippen LogP contribution in [-0.2, 0) is 16.4 Å². The van der Waals surface area contributed by atoms with E-state index in [9.17, 15) is 23.3 Å². The van der Waals surface area contributed by atoms with Gasteiger partial charge in [0.05, 0.1) is 21.9 Å². The maximum Gasteiger partial charge on any atom is 0.293 e. The van der Waals surface area contributed by atoms with Gasteiger partial charge in [0.1, 0.15) is 5.69 Å². The third-order valence-electron chi connectivity index (χ3n) is 5.03. The number of nitrogens with zero attached hydrogens (tertiary/aromatic N) is 2. The fraction of sp³-hybridized carbons (Fsp3) is 0.286. The van der Waals surface area contributed by atoms with Crippen LogP contribution < -0.4 is 10.6 Å². The molecule has 0 atom stereocenters. The number of aryl methyl sites for hydroxylation is 1. The van der Waals surface area contributed by atoms with Crippen molar-refractivity contribution in [2.24, 2.45) is 0 Å². The second kappa shape index (κ2) is 9.53. The maximum absolute atomic E-state index is 12.7. The number of benzene rings is 1. The Bertz CT molecular complexity index is 1250. The third kappa shape index (κ3) is 5.35. The maximum atomic E-state index is 12.7. The first kappa shape index (κ1) is 23.5. The Hall–Kier alpha value is -3.18. The van der Waals surface area contributed by atoms with Gasteiger partial charge in [-0.05, 0) is 43.5 Å². The number of nitro groups is 1. The van der Waals surface area contributed by atoms with Crippen LogP contribution in [0.4, 0.5) is 11.4 Å². The van der Waals surface area contributed by atoms with Gasteiger partial charge in [-0.25, -0.2) is 8.42 Å². The summed E-state index contributed by atoms with van der Waals surface area (Å²) in [5.41, 5.74) is 2.29. The molecule has 1 aromatic carbocycles. The molecule has 0 saturated heterocycles. The lowest BCUT2D eigenvalue weighted by atomic mass is 10.2. The fourth-order valence-corrected chi connectivity index (χ4v) is 4.68. The van der Waals surface area contributed by atoms with Gasteiger partial charge in [-0.3, -0.25) is 14.9 Å². The van der Waals surface area contributed by atoms with Crippen LogP contribution in [0.15, 0.2) is 46.7 Å². The van der Waals surface area contributed by atoms with Crippen molar-refractivity contribution in [3.05, 3.63) is 73.7 Å². The van der Waals surface area contributed by atoms with Crippen LogP contribution in [0.5, 0.6) is 0 Å². The molecule has 0 aliphatic rings. The van der Waals surface area contributed by atoms with Crippen molar-refractivity contribution in [3.8, 4) is 0 Å². The molecule has 0 aliphatic carbocycles. The molecule has 2 heterocycles. The Morgan fingerprint density at radius 1 is 1.19 bits per heavy atom. The van der Waals surface area contributed by atoms with E-state index in [1.54, 1.807) is 11.3 Å². The summed E-state index contributed by atoms with van der Waals surface area (Å²) in [5.74, 6) is -0.223. The smallest absolute Gasteiger partial charge is 0.293 e. The zero-order valence-corrected chi connectivity index (χ0v) is 19.5. The lowest BCUT2D eigenvalue weighted by Crippen LogP contribution is -2.29. The topological polar surface area (TPSA) is 123 Å². The van der Waals surface area contributed by atoms with Crippen LogP contribution in [0, 0.1) is 24.0 Å². The number of hydrogen-bond acceptors (Lipinski definition) is 7. The number of aromatic nitrogens is 1. The zero-order chi connectivity index (χ0) is 23.5. The lowest BCUT2D eigenvalue weighted by Gasteiger charge is -2.10. The number of hydrogen-bond donors (Lipinski definition) is 2. The molecule has 11 heteroatoms. The minimum Gasteiger partial charge on any atom is -0.378 e. The van der Waals surface area contributed by atoms with E-state index in [1.807, 2.05) is 31.4 Å². The second-order valence-electron chi connectivity index (χ2n) is 7.34. The number of amides is 1. The summed E-state index contributed by atoms with van der Waals surface area (Å²) < 4.78 is 25.4. The van der Waals surface area contributed by atoms with Crippen LogP contribution in [0.3, 0.4) is 0 Å². The predicted molar refractivity (Wildman–Crippen MR) is 124 cm³/mol. The van der Waals surface area contributed by atoms with E-state index in [0.29, 0.717) is 12.1 Å². The highest BCUT2D eigenvalue weighted by Gasteiger charge is 2.19. The summed E-state index contributed by atoms with van der Waals surface area (Å²) in [6.07, 6.45) is 0.992. The summed E-state index contributed by atoms with van der Waals surface area (Å²) in [4.78, 5) is 24.4. The summed E-state index contributed by atoms with van der Waals surface area (Å²) >= 11 is 1.66. The molecule has 0 unspecified atom stereocenters. The van der Waals surface area contributed by atoms with E-state index in [4.69, 9.17) is 0 Å². The highest BCUT2D eigenvalue weighted by atomic mass is 32.2. The molecule has 2 aromatic heterocycles. The first-order chi connectivity index (χ1) is 15.1. The average Bonchev–Trinajstić information content (AvgIpc) is 3.34. The molecule has 0 radical (unpaired) electrons. The Kier molecular flexibility index (Phi) is 6.99. The minimum absolute atomic E-state index is 0.124. The van der Waals surface area contributed by atoms with Crippen LogP contribution in [-0.4, -0.2) is 43.2 Å². The van der Waals surface area contributed by atoms with Gasteiger partial charge >= 0.3 is 0 Å². The minimum atomic E-state index is -3.56. The van der Waals surface area contributed by atoms with E-state index in [0.717, 1.165) is 23.7 Å². The fourth-order valence-electron chi connectivity index (χ4n) is 3.34. The highest BCUT2D eigenvalue weighted by Crippen LogP contribution is 2.27. The molecular weight excluding hydrogens is 452 g/mol. The average molecular weight is 477 g/mol. The number of thiophene rings is 1. The van der Waals surface area contributed by atoms with Gasteiger partial charge in [-0.1, -0.05) is 6.07 Å². The molecule has 0 aliphatic heterocycles. The van der Waals surface area contributed by atoms with Crippen LogP contribution in [0.25, 0.3) is 0 Å². The Morgan fingerprint density at radius 2 is 1.94 bits per heavy atom. The summed E-state index contributed by atoms with van der Waals surface area (Å²) in [6.45, 7) is 5.03. The number of nitrogens with one attached hydrogen (secondary N) is 2. The monoisotopic (exact) mass is 476 g/mol. The highest BCUT2D eigenvalue weighted by molar-refractivity contribution is 7.90. The van der Waals surface area contributed by atoms with Crippen molar-refractivity contribution in [2.75, 3.05) is 24.7 Å². The van der Waals surface area contributed by atoms with Crippen LogP contribution in [0.2, 0.25) is 0 Å². The molecule has 2 N–H and O–H groups in total. The van der Waals surface area contributed by atoms with Gasteiger partial charge in [-0.2, -0.15) is 0 Å². The SMILES string of the molecule is Cc1cc(C(=O)NCCNc2ccc(S(C)(=O)=O)cc2[N+](=O)[O-])c(C)n1Cc1cccs1. The number of rotatable bonds is 9. The van der Waals surface area contributed by atoms with E-state index in [2.05, 4.69) is 21.3 Å². The first-order valence-electron chi connectivity index (χ1n) is 9.77. The van der Waals surface area contributed by atoms with Gasteiger partial charge in [0.15, 0.2) is 9.84 Å². The van der Waals surface area contributed by atoms with Gasteiger partial charge in [-0.15, -0.1) is 11.3 Å². The van der Waals surface area contributed by atoms with Crippen molar-refractivity contribution in [1.29, 1.82) is 0 Å². The number of anilines is 1. The van der Waals surface area contributed by atoms with Crippen LogP contribution in [0.1, 0.15) is 26.6 Å². The summed E-state index contributed by atoms with van der Waals surface area (Å²) in [6, 6.07) is 9.59. The van der Waals surface area contributed by atoms with Crippen molar-refractivity contribution in [3.63, 3.8) is 0 Å². The molecule has 0 fully saturated rings. The molecule has 0 saturated carbocycles. The second-order valence-corrected chi connectivity index (χ2v) is 10.4. The Labute approximate surface area is 190 Å². The normalized spacial score (nSPS) is 11.3. The van der Waals surface area contributed by atoms with Crippen molar-refractivity contribution in [2.45, 2.75) is 25.3 Å². The number of sulfone groups is 1. The van der Waals surface area contributed by atoms with E-state index in [1.165, 1.54) is 17.0 Å². The predicted octanol–water partition coefficient (Wildman–Crippen LogP) is 3.37. The Balaban J connectivity index is 1.62. The standard InChI is InChI=1S/C21H24N4O5S2/c1-14-11-18(15(2)24(14)13-16-5-4-10-31-16)21(26)23-9-8-22-19-7-6-17(32(3,29)30)12-20(19)25(27)28/h4-7,10-12,22H,8-9,13H2,1-3H3,(H,23,26). The van der Waals surface area contributed by atoms with E-state index < -0.39 is 14.8 Å². The van der Waals surface area contributed by atoms with Gasteiger partial charge in [0, 0.05) is 41.7 Å². The Morgan fingerprint density at radius 3 is 2.56 bits per heavy atom. The summed E-state index contributed by atoms with van der Waals surface area (Å²) in [7, 11) is -3.56. The quantitative estimate of drug-likeness (QED) is 0.277. The number of carbonyl (C=O) groups is 1. The molecule has 3 aromatic rings. The number of nitro benzene ring substituents is 1. The molecule has 1 amide bonds. The molecule has 0 bridgehead atoms. The molecule has 170 valence electrons. The van der Waals surface area contributed by atoms with Crippen molar-refractivity contribution in [1.82, 2.24) is 9.88 Å². The molecule has 9 nitrogen and oxygen atoms in total. The molecule has 32 heavy (non-hydrogen) atoms. The van der Waals surface area contributed by atoms with Crippen molar-refractivity contribution < 1.29 is 18.1 Å². The van der Waals surface area contributed by atoms with E-state index in [-0.39, 0.29) is 35.3 Å².